The molecule has 6 nitrogen and oxygen atoms in total. The third-order valence-corrected chi connectivity index (χ3v) is 5.58. The van der Waals surface area contributed by atoms with Crippen LogP contribution in [-0.2, 0) is 16.0 Å². The lowest BCUT2D eigenvalue weighted by Gasteiger charge is -2.38. The first kappa shape index (κ1) is 22.0. The molecule has 0 unspecified atom stereocenters. The number of primary amides is 1. The molecule has 0 bridgehead atoms. The van der Waals surface area contributed by atoms with Crippen molar-refractivity contribution in [2.75, 3.05) is 20.2 Å². The van der Waals surface area contributed by atoms with Gasteiger partial charge in [0.15, 0.2) is 0 Å². The van der Waals surface area contributed by atoms with Crippen LogP contribution < -0.4 is 15.2 Å². The van der Waals surface area contributed by atoms with Gasteiger partial charge >= 0.3 is 0 Å². The van der Waals surface area contributed by atoms with Gasteiger partial charge in [0.2, 0.25) is 11.8 Å². The summed E-state index contributed by atoms with van der Waals surface area (Å²) in [7, 11) is 1.60. The quantitative estimate of drug-likeness (QED) is 0.730. The second-order valence-electron chi connectivity index (χ2n) is 7.66. The van der Waals surface area contributed by atoms with Crippen LogP contribution in [0.5, 0.6) is 11.5 Å². The summed E-state index contributed by atoms with van der Waals surface area (Å²) in [6, 6.07) is 12.9. The van der Waals surface area contributed by atoms with Crippen molar-refractivity contribution in [1.29, 1.82) is 0 Å². The highest BCUT2D eigenvalue weighted by atomic mass is 35.5. The molecule has 2 amide bonds. The average molecular weight is 431 g/mol. The first-order valence-electron chi connectivity index (χ1n) is 9.97. The minimum absolute atomic E-state index is 0.00502. The van der Waals surface area contributed by atoms with Gasteiger partial charge in [-0.2, -0.15) is 0 Å². The molecule has 160 valence electrons. The summed E-state index contributed by atoms with van der Waals surface area (Å²) in [4.78, 5) is 26.4. The number of aryl methyl sites for hydroxylation is 1. The van der Waals surface area contributed by atoms with E-state index in [1.807, 2.05) is 37.3 Å². The number of piperidine rings is 1. The second-order valence-corrected chi connectivity index (χ2v) is 8.10. The molecule has 30 heavy (non-hydrogen) atoms. The number of methoxy groups -OCH3 is 1. The Morgan fingerprint density at radius 3 is 2.73 bits per heavy atom. The third-order valence-electron chi connectivity index (χ3n) is 5.34. The number of halogens is 1. The molecular formula is C23H27ClN2O4. The Labute approximate surface area is 181 Å². The molecule has 2 N–H and O–H groups in total. The van der Waals surface area contributed by atoms with Gasteiger partial charge in [0.25, 0.3) is 0 Å². The van der Waals surface area contributed by atoms with E-state index in [-0.39, 0.29) is 30.8 Å². The number of ether oxygens (including phenoxy) is 2. The maximum atomic E-state index is 13.0. The van der Waals surface area contributed by atoms with E-state index in [1.165, 1.54) is 0 Å². The number of hydrogen-bond donors (Lipinski definition) is 1. The Balaban J connectivity index is 1.70. The van der Waals surface area contributed by atoms with Crippen LogP contribution in [0.25, 0.3) is 0 Å². The number of likely N-dealkylation sites (tertiary alicyclic amines) is 1. The van der Waals surface area contributed by atoms with E-state index in [2.05, 4.69) is 0 Å². The topological polar surface area (TPSA) is 81.9 Å². The number of amides is 2. The molecule has 1 aliphatic rings. The fraction of sp³-hybridized carbons (Fsp3) is 0.391. The number of benzene rings is 2. The molecule has 1 aliphatic heterocycles. The second kappa shape index (κ2) is 9.85. The zero-order valence-corrected chi connectivity index (χ0v) is 18.0. The lowest BCUT2D eigenvalue weighted by atomic mass is 9.90. The van der Waals surface area contributed by atoms with Crippen LogP contribution in [0.2, 0.25) is 5.02 Å². The number of nitrogens with two attached hydrogens (primary N) is 1. The van der Waals surface area contributed by atoms with Gasteiger partial charge in [0, 0.05) is 42.4 Å². The van der Waals surface area contributed by atoms with Crippen molar-refractivity contribution in [1.82, 2.24) is 4.90 Å². The number of carbonyl (C=O) groups is 2. The average Bonchev–Trinajstić information content (AvgIpc) is 2.69. The molecule has 0 aliphatic carbocycles. The molecule has 2 atom stereocenters. The highest BCUT2D eigenvalue weighted by Gasteiger charge is 2.34. The van der Waals surface area contributed by atoms with Gasteiger partial charge in [-0.05, 0) is 31.2 Å². The van der Waals surface area contributed by atoms with E-state index in [9.17, 15) is 9.59 Å². The van der Waals surface area contributed by atoms with Gasteiger partial charge in [0.05, 0.1) is 13.5 Å². The van der Waals surface area contributed by atoms with Crippen molar-refractivity contribution in [2.45, 2.75) is 32.3 Å². The van der Waals surface area contributed by atoms with Gasteiger partial charge in [0.1, 0.15) is 17.6 Å². The fourth-order valence-electron chi connectivity index (χ4n) is 3.88. The van der Waals surface area contributed by atoms with Gasteiger partial charge in [-0.25, -0.2) is 0 Å². The van der Waals surface area contributed by atoms with Crippen molar-refractivity contribution < 1.29 is 19.1 Å². The van der Waals surface area contributed by atoms with Crippen molar-refractivity contribution in [3.8, 4) is 11.5 Å². The van der Waals surface area contributed by atoms with Crippen molar-refractivity contribution in [2.24, 2.45) is 11.7 Å². The Morgan fingerprint density at radius 1 is 1.23 bits per heavy atom. The van der Waals surface area contributed by atoms with E-state index in [0.29, 0.717) is 36.0 Å². The van der Waals surface area contributed by atoms with E-state index in [0.717, 1.165) is 11.1 Å². The summed E-state index contributed by atoms with van der Waals surface area (Å²) in [6.45, 7) is 2.95. The van der Waals surface area contributed by atoms with E-state index < -0.39 is 5.91 Å². The van der Waals surface area contributed by atoms with Gasteiger partial charge in [-0.3, -0.25) is 9.59 Å². The van der Waals surface area contributed by atoms with Crippen molar-refractivity contribution in [3.05, 3.63) is 58.6 Å². The van der Waals surface area contributed by atoms with Crippen molar-refractivity contribution in [3.63, 3.8) is 0 Å². The molecule has 0 spiro atoms. The maximum absolute atomic E-state index is 13.0. The van der Waals surface area contributed by atoms with Crippen LogP contribution in [0, 0.1) is 12.8 Å². The Morgan fingerprint density at radius 2 is 2.03 bits per heavy atom. The smallest absolute Gasteiger partial charge is 0.227 e. The predicted molar refractivity (Wildman–Crippen MR) is 116 cm³/mol. The molecule has 1 fully saturated rings. The molecule has 2 aromatic carbocycles. The standard InChI is InChI=1S/C23H27ClN2O4/c1-15-6-7-20(29-2)16(10-15)12-23(28)26-9-8-21(17(14-26)11-22(25)27)30-19-5-3-4-18(24)13-19/h3-7,10,13,17,21H,8-9,11-12,14H2,1-2H3,(H2,25,27)/t17-,21-/m0/s1. The molecule has 0 aromatic heterocycles. The highest BCUT2D eigenvalue weighted by Crippen LogP contribution is 2.28. The lowest BCUT2D eigenvalue weighted by Crippen LogP contribution is -2.49. The zero-order valence-electron chi connectivity index (χ0n) is 17.3. The van der Waals surface area contributed by atoms with Crippen LogP contribution in [0.15, 0.2) is 42.5 Å². The van der Waals surface area contributed by atoms with Gasteiger partial charge in [-0.15, -0.1) is 0 Å². The molecule has 7 heteroatoms. The highest BCUT2D eigenvalue weighted by molar-refractivity contribution is 6.30. The normalized spacial score (nSPS) is 18.7. The minimum Gasteiger partial charge on any atom is -0.496 e. The Bertz CT molecular complexity index is 918. The maximum Gasteiger partial charge on any atom is 0.227 e. The summed E-state index contributed by atoms with van der Waals surface area (Å²) < 4.78 is 11.5. The molecule has 0 radical (unpaired) electrons. The fourth-order valence-corrected chi connectivity index (χ4v) is 4.06. The number of hydrogen-bond acceptors (Lipinski definition) is 4. The SMILES string of the molecule is COc1ccc(C)cc1CC(=O)N1CC[C@H](Oc2cccc(Cl)c2)[C@@H](CC(N)=O)C1. The Kier molecular flexibility index (Phi) is 7.21. The molecule has 0 saturated carbocycles. The minimum atomic E-state index is -0.408. The van der Waals surface area contributed by atoms with Crippen LogP contribution >= 0.6 is 11.6 Å². The number of nitrogens with zero attached hydrogens (tertiary/aromatic N) is 1. The van der Waals surface area contributed by atoms with Gasteiger partial charge in [-0.1, -0.05) is 35.4 Å². The monoisotopic (exact) mass is 430 g/mol. The van der Waals surface area contributed by atoms with E-state index in [4.69, 9.17) is 26.8 Å². The summed E-state index contributed by atoms with van der Waals surface area (Å²) >= 11 is 6.04. The van der Waals surface area contributed by atoms with Crippen LogP contribution in [0.1, 0.15) is 24.0 Å². The van der Waals surface area contributed by atoms with Crippen LogP contribution in [0.4, 0.5) is 0 Å². The summed E-state index contributed by atoms with van der Waals surface area (Å²) in [5.74, 6) is 0.746. The third kappa shape index (κ3) is 5.66. The first-order chi connectivity index (χ1) is 14.4. The molecular weight excluding hydrogens is 404 g/mol. The summed E-state index contributed by atoms with van der Waals surface area (Å²) in [5.41, 5.74) is 7.39. The summed E-state index contributed by atoms with van der Waals surface area (Å²) in [5, 5.41) is 0.582. The summed E-state index contributed by atoms with van der Waals surface area (Å²) in [6.07, 6.45) is 0.797. The molecule has 1 heterocycles. The van der Waals surface area contributed by atoms with E-state index in [1.54, 1.807) is 24.1 Å². The molecule has 3 rings (SSSR count). The largest absolute Gasteiger partial charge is 0.496 e. The molecule has 1 saturated heterocycles. The van der Waals surface area contributed by atoms with Gasteiger partial charge < -0.3 is 20.1 Å². The Hall–Kier alpha value is -2.73. The van der Waals surface area contributed by atoms with Crippen molar-refractivity contribution >= 4 is 23.4 Å². The molecule has 2 aromatic rings. The predicted octanol–water partition coefficient (Wildman–Crippen LogP) is 3.37. The van der Waals surface area contributed by atoms with E-state index >= 15 is 0 Å². The zero-order chi connectivity index (χ0) is 21.7. The first-order valence-corrected chi connectivity index (χ1v) is 10.4. The van der Waals surface area contributed by atoms with Crippen LogP contribution in [-0.4, -0.2) is 43.0 Å². The lowest BCUT2D eigenvalue weighted by molar-refractivity contribution is -0.135. The number of rotatable bonds is 7. The van der Waals surface area contributed by atoms with Crippen LogP contribution in [0.3, 0.4) is 0 Å². The number of carbonyl (C=O) groups excluding carboxylic acids is 2.